The topological polar surface area (TPSA) is 47.1 Å². The Morgan fingerprint density at radius 3 is 2.71 bits per heavy atom. The second-order valence-electron chi connectivity index (χ2n) is 3.44. The zero-order valence-electron chi connectivity index (χ0n) is 9.11. The van der Waals surface area contributed by atoms with Gasteiger partial charge >= 0.3 is 0 Å². The second-order valence-corrected chi connectivity index (χ2v) is 3.44. The minimum atomic E-state index is 0.600. The second kappa shape index (κ2) is 5.65. The number of rotatable bonds is 6. The number of nitrogen functional groups attached to an aromatic ring is 1. The molecule has 4 heteroatoms. The largest absolute Gasteiger partial charge is 0.382 e. The summed E-state index contributed by atoms with van der Waals surface area (Å²) in [5, 5.41) is 4.14. The molecule has 0 aliphatic rings. The Labute approximate surface area is 85.7 Å². The summed E-state index contributed by atoms with van der Waals surface area (Å²) in [5.74, 6) is 0.600. The Balaban J connectivity index is 2.31. The first-order valence-corrected chi connectivity index (χ1v) is 5.27. The number of likely N-dealkylation sites (N-methyl/N-ethyl adjacent to an activating group) is 1. The maximum Gasteiger partial charge on any atom is 0.145 e. The molecule has 0 aliphatic heterocycles. The molecule has 1 heterocycles. The van der Waals surface area contributed by atoms with E-state index in [1.807, 2.05) is 16.9 Å². The van der Waals surface area contributed by atoms with E-state index in [0.29, 0.717) is 5.82 Å². The number of nitrogens with two attached hydrogens (primary N) is 1. The first-order valence-electron chi connectivity index (χ1n) is 5.27. The van der Waals surface area contributed by atoms with Crippen LogP contribution in [0.25, 0.3) is 0 Å². The van der Waals surface area contributed by atoms with Crippen LogP contribution in [-0.2, 0) is 6.54 Å². The molecule has 0 aromatic carbocycles. The maximum atomic E-state index is 5.53. The van der Waals surface area contributed by atoms with Gasteiger partial charge < -0.3 is 10.6 Å². The van der Waals surface area contributed by atoms with E-state index in [-0.39, 0.29) is 0 Å². The summed E-state index contributed by atoms with van der Waals surface area (Å²) < 4.78 is 1.90. The normalized spacial score (nSPS) is 11.1. The zero-order chi connectivity index (χ0) is 10.4. The first kappa shape index (κ1) is 11.0. The Morgan fingerprint density at radius 2 is 2.21 bits per heavy atom. The molecule has 0 amide bonds. The fourth-order valence-corrected chi connectivity index (χ4v) is 1.49. The van der Waals surface area contributed by atoms with E-state index in [1.54, 1.807) is 0 Å². The molecular formula is C10H20N4. The molecule has 4 nitrogen and oxygen atoms in total. The molecule has 80 valence electrons. The number of nitrogens with zero attached hydrogens (tertiary/aromatic N) is 3. The Kier molecular flexibility index (Phi) is 4.46. The molecule has 1 aromatic heterocycles. The fraction of sp³-hybridized carbons (Fsp3) is 0.700. The van der Waals surface area contributed by atoms with E-state index < -0.39 is 0 Å². The highest BCUT2D eigenvalue weighted by Gasteiger charge is 2.01. The summed E-state index contributed by atoms with van der Waals surface area (Å²) in [6, 6.07) is 1.83. The van der Waals surface area contributed by atoms with Crippen molar-refractivity contribution in [3.05, 3.63) is 12.3 Å². The van der Waals surface area contributed by atoms with Gasteiger partial charge in [0.1, 0.15) is 5.82 Å². The fourth-order valence-electron chi connectivity index (χ4n) is 1.49. The summed E-state index contributed by atoms with van der Waals surface area (Å²) in [4.78, 5) is 2.41. The summed E-state index contributed by atoms with van der Waals surface area (Å²) in [7, 11) is 0. The monoisotopic (exact) mass is 196 g/mol. The molecule has 0 unspecified atom stereocenters. The van der Waals surface area contributed by atoms with Crippen LogP contribution < -0.4 is 5.73 Å². The number of anilines is 1. The van der Waals surface area contributed by atoms with Crippen LogP contribution in [0.5, 0.6) is 0 Å². The van der Waals surface area contributed by atoms with Crippen LogP contribution in [-0.4, -0.2) is 34.3 Å². The lowest BCUT2D eigenvalue weighted by Gasteiger charge is -2.18. The number of hydrogen-bond donors (Lipinski definition) is 1. The van der Waals surface area contributed by atoms with E-state index in [2.05, 4.69) is 23.8 Å². The van der Waals surface area contributed by atoms with E-state index >= 15 is 0 Å². The van der Waals surface area contributed by atoms with Crippen LogP contribution in [0.3, 0.4) is 0 Å². The third-order valence-corrected chi connectivity index (χ3v) is 2.29. The van der Waals surface area contributed by atoms with Crippen molar-refractivity contribution in [2.24, 2.45) is 0 Å². The average Bonchev–Trinajstić information content (AvgIpc) is 2.59. The van der Waals surface area contributed by atoms with Crippen LogP contribution in [0.2, 0.25) is 0 Å². The van der Waals surface area contributed by atoms with Crippen LogP contribution in [0.4, 0.5) is 5.82 Å². The van der Waals surface area contributed by atoms with Gasteiger partial charge in [0, 0.05) is 12.7 Å². The quantitative estimate of drug-likeness (QED) is 0.743. The molecule has 0 saturated carbocycles. The van der Waals surface area contributed by atoms with Crippen molar-refractivity contribution >= 4 is 5.82 Å². The highest BCUT2D eigenvalue weighted by atomic mass is 15.3. The lowest BCUT2D eigenvalue weighted by atomic mass is 10.4. The summed E-state index contributed by atoms with van der Waals surface area (Å²) in [6.45, 7) is 8.62. The van der Waals surface area contributed by atoms with Crippen molar-refractivity contribution < 1.29 is 0 Å². The molecule has 14 heavy (non-hydrogen) atoms. The average molecular weight is 196 g/mol. The number of aromatic nitrogens is 2. The van der Waals surface area contributed by atoms with Crippen molar-refractivity contribution in [1.29, 1.82) is 0 Å². The lowest BCUT2D eigenvalue weighted by Crippen LogP contribution is -2.28. The predicted octanol–water partition coefficient (Wildman–Crippen LogP) is 1.20. The SMILES string of the molecule is CCCN(CC)CCn1ccc(N)n1. The van der Waals surface area contributed by atoms with Gasteiger partial charge in [0.2, 0.25) is 0 Å². The molecule has 0 bridgehead atoms. The Bertz CT molecular complexity index is 256. The van der Waals surface area contributed by atoms with Gasteiger partial charge in [0.05, 0.1) is 6.54 Å². The van der Waals surface area contributed by atoms with Gasteiger partial charge in [0.25, 0.3) is 0 Å². The highest BCUT2D eigenvalue weighted by Crippen LogP contribution is 1.97. The maximum absolute atomic E-state index is 5.53. The van der Waals surface area contributed by atoms with Crippen LogP contribution in [0, 0.1) is 0 Å². The van der Waals surface area contributed by atoms with Crippen molar-refractivity contribution in [3.63, 3.8) is 0 Å². The third kappa shape index (κ3) is 3.38. The molecule has 2 N–H and O–H groups in total. The van der Waals surface area contributed by atoms with E-state index in [0.717, 1.165) is 26.2 Å². The summed E-state index contributed by atoms with van der Waals surface area (Å²) >= 11 is 0. The predicted molar refractivity (Wildman–Crippen MR) is 59.0 cm³/mol. The van der Waals surface area contributed by atoms with Crippen LogP contribution in [0.15, 0.2) is 12.3 Å². The van der Waals surface area contributed by atoms with E-state index in [1.165, 1.54) is 6.42 Å². The van der Waals surface area contributed by atoms with Crippen molar-refractivity contribution in [3.8, 4) is 0 Å². The zero-order valence-corrected chi connectivity index (χ0v) is 9.11. The van der Waals surface area contributed by atoms with Gasteiger partial charge in [-0.2, -0.15) is 5.10 Å². The van der Waals surface area contributed by atoms with Gasteiger partial charge in [-0.05, 0) is 25.6 Å². The first-order chi connectivity index (χ1) is 6.76. The summed E-state index contributed by atoms with van der Waals surface area (Å²) in [6.07, 6.45) is 3.13. The minimum Gasteiger partial charge on any atom is -0.382 e. The smallest absolute Gasteiger partial charge is 0.145 e. The van der Waals surface area contributed by atoms with E-state index in [4.69, 9.17) is 5.73 Å². The Morgan fingerprint density at radius 1 is 1.43 bits per heavy atom. The highest BCUT2D eigenvalue weighted by molar-refractivity contribution is 5.23. The van der Waals surface area contributed by atoms with Gasteiger partial charge in [-0.25, -0.2) is 0 Å². The molecule has 0 fully saturated rings. The molecule has 0 spiro atoms. The van der Waals surface area contributed by atoms with Crippen molar-refractivity contribution in [2.45, 2.75) is 26.8 Å². The Hall–Kier alpha value is -1.03. The minimum absolute atomic E-state index is 0.600. The molecule has 0 radical (unpaired) electrons. The van der Waals surface area contributed by atoms with Gasteiger partial charge in [0.15, 0.2) is 0 Å². The van der Waals surface area contributed by atoms with Crippen LogP contribution >= 0.6 is 0 Å². The third-order valence-electron chi connectivity index (χ3n) is 2.29. The molecule has 0 aliphatic carbocycles. The van der Waals surface area contributed by atoms with Gasteiger partial charge in [-0.3, -0.25) is 4.68 Å². The van der Waals surface area contributed by atoms with Crippen molar-refractivity contribution in [2.75, 3.05) is 25.4 Å². The summed E-state index contributed by atoms with van der Waals surface area (Å²) in [5.41, 5.74) is 5.53. The van der Waals surface area contributed by atoms with Gasteiger partial charge in [-0.15, -0.1) is 0 Å². The lowest BCUT2D eigenvalue weighted by molar-refractivity contribution is 0.272. The van der Waals surface area contributed by atoms with Gasteiger partial charge in [-0.1, -0.05) is 13.8 Å². The molecule has 0 atom stereocenters. The molecular weight excluding hydrogens is 176 g/mol. The van der Waals surface area contributed by atoms with Crippen molar-refractivity contribution in [1.82, 2.24) is 14.7 Å². The number of hydrogen-bond acceptors (Lipinski definition) is 3. The molecule has 1 rings (SSSR count). The van der Waals surface area contributed by atoms with Crippen LogP contribution in [0.1, 0.15) is 20.3 Å². The standard InChI is InChI=1S/C10H20N4/c1-3-6-13(4-2)8-9-14-7-5-10(11)12-14/h5,7H,3-4,6,8-9H2,1-2H3,(H2,11,12). The molecule has 1 aromatic rings. The molecule has 0 saturated heterocycles. The van der Waals surface area contributed by atoms with E-state index in [9.17, 15) is 0 Å².